The largest absolute Gasteiger partial charge is 0.507 e. The number of likely N-dealkylation sites (tertiary alicyclic amines) is 1. The minimum Gasteiger partial charge on any atom is -0.507 e. The molecule has 1 aliphatic heterocycles. The minimum atomic E-state index is -0.490. The number of ether oxygens (including phenoxy) is 1. The third kappa shape index (κ3) is 3.35. The summed E-state index contributed by atoms with van der Waals surface area (Å²) < 4.78 is 18.8. The van der Waals surface area contributed by atoms with Crippen LogP contribution in [0.15, 0.2) is 17.1 Å². The standard InChI is InChI=1S/C16H23FN2O2/c1-4-19-9-5-6-12(19)10-18-11(2)15-14(20)8-7-13(17)16(15)21-3/h7-8,12,20H,4-6,9-10H2,1-3H3/b18-11+. The Labute approximate surface area is 125 Å². The van der Waals surface area contributed by atoms with Crippen LogP contribution >= 0.6 is 0 Å². The molecule has 1 aliphatic rings. The molecule has 0 aliphatic carbocycles. The normalized spacial score (nSPS) is 20.0. The number of halogens is 1. The Bertz CT molecular complexity index is 531. The van der Waals surface area contributed by atoms with Crippen molar-refractivity contribution in [3.05, 3.63) is 23.5 Å². The summed E-state index contributed by atoms with van der Waals surface area (Å²) in [6.45, 7) is 6.73. The fourth-order valence-electron chi connectivity index (χ4n) is 2.94. The van der Waals surface area contributed by atoms with Crippen LogP contribution in [0.25, 0.3) is 0 Å². The molecule has 116 valence electrons. The van der Waals surface area contributed by atoms with Crippen molar-refractivity contribution in [1.29, 1.82) is 0 Å². The summed E-state index contributed by atoms with van der Waals surface area (Å²) >= 11 is 0. The SMILES string of the molecule is CCN1CCCC1C/N=C(\C)c1c(O)ccc(F)c1OC. The Morgan fingerprint density at radius 3 is 2.95 bits per heavy atom. The van der Waals surface area contributed by atoms with Crippen LogP contribution in [0.3, 0.4) is 0 Å². The molecule has 1 N–H and O–H groups in total. The van der Waals surface area contributed by atoms with Gasteiger partial charge in [0, 0.05) is 11.8 Å². The van der Waals surface area contributed by atoms with Crippen molar-refractivity contribution in [2.24, 2.45) is 4.99 Å². The Hall–Kier alpha value is -1.62. The maximum atomic E-state index is 13.7. The molecule has 1 aromatic rings. The van der Waals surface area contributed by atoms with E-state index in [1.54, 1.807) is 6.92 Å². The lowest BCUT2D eigenvalue weighted by Crippen LogP contribution is -2.31. The first-order valence-electron chi connectivity index (χ1n) is 7.39. The highest BCUT2D eigenvalue weighted by Gasteiger charge is 2.23. The summed E-state index contributed by atoms with van der Waals surface area (Å²) in [5, 5.41) is 9.97. The van der Waals surface area contributed by atoms with E-state index < -0.39 is 5.82 Å². The second-order valence-corrected chi connectivity index (χ2v) is 5.33. The summed E-state index contributed by atoms with van der Waals surface area (Å²) in [5.41, 5.74) is 0.949. The van der Waals surface area contributed by atoms with E-state index in [1.165, 1.54) is 25.7 Å². The number of rotatable bonds is 5. The van der Waals surface area contributed by atoms with Crippen LogP contribution in [0, 0.1) is 5.82 Å². The Morgan fingerprint density at radius 2 is 2.29 bits per heavy atom. The van der Waals surface area contributed by atoms with Gasteiger partial charge >= 0.3 is 0 Å². The monoisotopic (exact) mass is 294 g/mol. The van der Waals surface area contributed by atoms with Gasteiger partial charge in [0.1, 0.15) is 5.75 Å². The molecule has 0 saturated carbocycles. The number of benzene rings is 1. The van der Waals surface area contributed by atoms with Crippen LogP contribution < -0.4 is 4.74 Å². The van der Waals surface area contributed by atoms with E-state index in [4.69, 9.17) is 4.74 Å². The van der Waals surface area contributed by atoms with Crippen molar-refractivity contribution >= 4 is 5.71 Å². The maximum Gasteiger partial charge on any atom is 0.167 e. The number of hydrogen-bond acceptors (Lipinski definition) is 4. The van der Waals surface area contributed by atoms with Gasteiger partial charge in [0.25, 0.3) is 0 Å². The van der Waals surface area contributed by atoms with Crippen molar-refractivity contribution in [1.82, 2.24) is 4.90 Å². The number of aliphatic imine (C=N–C) groups is 1. The molecule has 1 aromatic carbocycles. The van der Waals surface area contributed by atoms with Gasteiger partial charge in [-0.25, -0.2) is 4.39 Å². The first kappa shape index (κ1) is 15.8. The average Bonchev–Trinajstić information content (AvgIpc) is 2.94. The summed E-state index contributed by atoms with van der Waals surface area (Å²) in [6.07, 6.45) is 2.33. The summed E-state index contributed by atoms with van der Waals surface area (Å²) in [5.74, 6) is -0.445. The predicted molar refractivity (Wildman–Crippen MR) is 82.0 cm³/mol. The van der Waals surface area contributed by atoms with Gasteiger partial charge in [0.05, 0.1) is 19.2 Å². The highest BCUT2D eigenvalue weighted by atomic mass is 19.1. The minimum absolute atomic E-state index is 0.00623. The molecule has 0 amide bonds. The lowest BCUT2D eigenvalue weighted by molar-refractivity contribution is 0.273. The van der Waals surface area contributed by atoms with Gasteiger partial charge in [0.15, 0.2) is 11.6 Å². The number of nitrogens with zero attached hydrogens (tertiary/aromatic N) is 2. The van der Waals surface area contributed by atoms with Crippen LogP contribution in [0.1, 0.15) is 32.3 Å². The van der Waals surface area contributed by atoms with Crippen LogP contribution in [-0.2, 0) is 0 Å². The topological polar surface area (TPSA) is 45.1 Å². The zero-order chi connectivity index (χ0) is 15.4. The smallest absolute Gasteiger partial charge is 0.167 e. The van der Waals surface area contributed by atoms with Gasteiger partial charge in [-0.05, 0) is 45.0 Å². The van der Waals surface area contributed by atoms with Gasteiger partial charge in [-0.2, -0.15) is 0 Å². The molecular weight excluding hydrogens is 271 g/mol. The van der Waals surface area contributed by atoms with E-state index in [0.717, 1.165) is 19.5 Å². The van der Waals surface area contributed by atoms with Crippen molar-refractivity contribution in [2.45, 2.75) is 32.7 Å². The fraction of sp³-hybridized carbons (Fsp3) is 0.562. The molecule has 1 atom stereocenters. The third-order valence-electron chi connectivity index (χ3n) is 4.10. The number of phenolic OH excluding ortho intramolecular Hbond substituents is 1. The first-order valence-corrected chi connectivity index (χ1v) is 7.39. The zero-order valence-corrected chi connectivity index (χ0v) is 12.9. The highest BCUT2D eigenvalue weighted by Crippen LogP contribution is 2.31. The zero-order valence-electron chi connectivity index (χ0n) is 12.9. The van der Waals surface area contributed by atoms with Gasteiger partial charge in [0.2, 0.25) is 0 Å². The molecule has 0 radical (unpaired) electrons. The molecule has 1 fully saturated rings. The van der Waals surface area contributed by atoms with Crippen LogP contribution in [0.4, 0.5) is 4.39 Å². The van der Waals surface area contributed by atoms with E-state index in [-0.39, 0.29) is 11.5 Å². The van der Waals surface area contributed by atoms with E-state index in [9.17, 15) is 9.50 Å². The highest BCUT2D eigenvalue weighted by molar-refractivity contribution is 6.03. The lowest BCUT2D eigenvalue weighted by atomic mass is 10.1. The van der Waals surface area contributed by atoms with Gasteiger partial charge in [-0.1, -0.05) is 6.92 Å². The predicted octanol–water partition coefficient (Wildman–Crippen LogP) is 2.83. The number of phenols is 1. The summed E-state index contributed by atoms with van der Waals surface area (Å²) in [6, 6.07) is 2.97. The molecule has 5 heteroatoms. The molecule has 0 spiro atoms. The molecule has 1 saturated heterocycles. The molecule has 21 heavy (non-hydrogen) atoms. The molecule has 0 bridgehead atoms. The number of aromatic hydroxyl groups is 1. The molecular formula is C16H23FN2O2. The Morgan fingerprint density at radius 1 is 1.52 bits per heavy atom. The van der Waals surface area contributed by atoms with Gasteiger partial charge in [-0.3, -0.25) is 9.89 Å². The Kier molecular flexibility index (Phi) is 5.17. The van der Waals surface area contributed by atoms with E-state index in [1.807, 2.05) is 0 Å². The van der Waals surface area contributed by atoms with Crippen molar-refractivity contribution in [3.63, 3.8) is 0 Å². The van der Waals surface area contributed by atoms with Crippen LogP contribution in [0.5, 0.6) is 11.5 Å². The number of hydrogen-bond donors (Lipinski definition) is 1. The summed E-state index contributed by atoms with van der Waals surface area (Å²) in [4.78, 5) is 6.96. The van der Waals surface area contributed by atoms with E-state index >= 15 is 0 Å². The quantitative estimate of drug-likeness (QED) is 0.849. The van der Waals surface area contributed by atoms with Crippen molar-refractivity contribution in [2.75, 3.05) is 26.7 Å². The first-order chi connectivity index (χ1) is 10.1. The van der Waals surface area contributed by atoms with Crippen LogP contribution in [0.2, 0.25) is 0 Å². The molecule has 2 rings (SSSR count). The second kappa shape index (κ2) is 6.89. The lowest BCUT2D eigenvalue weighted by Gasteiger charge is -2.21. The Balaban J connectivity index is 2.21. The maximum absolute atomic E-state index is 13.7. The average molecular weight is 294 g/mol. The van der Waals surface area contributed by atoms with E-state index in [0.29, 0.717) is 23.9 Å². The van der Waals surface area contributed by atoms with Crippen LogP contribution in [-0.4, -0.2) is 48.5 Å². The third-order valence-corrected chi connectivity index (χ3v) is 4.10. The molecule has 1 heterocycles. The number of methoxy groups -OCH3 is 1. The second-order valence-electron chi connectivity index (χ2n) is 5.33. The van der Waals surface area contributed by atoms with E-state index in [2.05, 4.69) is 16.8 Å². The number of likely N-dealkylation sites (N-methyl/N-ethyl adjacent to an activating group) is 1. The van der Waals surface area contributed by atoms with Gasteiger partial charge < -0.3 is 9.84 Å². The molecule has 4 nitrogen and oxygen atoms in total. The van der Waals surface area contributed by atoms with Crippen molar-refractivity contribution in [3.8, 4) is 11.5 Å². The summed E-state index contributed by atoms with van der Waals surface area (Å²) in [7, 11) is 1.39. The molecule has 1 unspecified atom stereocenters. The fourth-order valence-corrected chi connectivity index (χ4v) is 2.94. The van der Waals surface area contributed by atoms with Gasteiger partial charge in [-0.15, -0.1) is 0 Å². The molecule has 0 aromatic heterocycles. The van der Waals surface area contributed by atoms with Crippen molar-refractivity contribution < 1.29 is 14.2 Å².